The highest BCUT2D eigenvalue weighted by Crippen LogP contribution is 2.34. The number of fused-ring (bicyclic) bond motifs is 1. The van der Waals surface area contributed by atoms with Crippen LogP contribution < -0.4 is 9.47 Å². The predicted octanol–water partition coefficient (Wildman–Crippen LogP) is 4.64. The summed E-state index contributed by atoms with van der Waals surface area (Å²) in [6.45, 7) is 4.74. The van der Waals surface area contributed by atoms with Crippen LogP contribution in [0.3, 0.4) is 0 Å². The first-order valence-electron chi connectivity index (χ1n) is 11.8. The zero-order valence-corrected chi connectivity index (χ0v) is 20.8. The zero-order valence-electron chi connectivity index (χ0n) is 20.8. The van der Waals surface area contributed by atoms with E-state index < -0.39 is 11.9 Å². The molecular weight excluding hydrogens is 501 g/mol. The predicted molar refractivity (Wildman–Crippen MR) is 132 cm³/mol. The average Bonchev–Trinajstić information content (AvgIpc) is 3.53. The molecule has 0 fully saturated rings. The minimum atomic E-state index is -4.50. The number of aromatic nitrogens is 8. The number of rotatable bonds is 8. The van der Waals surface area contributed by atoms with Crippen LogP contribution in [-0.2, 0) is 19.3 Å². The van der Waals surface area contributed by atoms with Gasteiger partial charge in [0.25, 0.3) is 0 Å². The fraction of sp³-hybridized carbons (Fsp3) is 0.280. The summed E-state index contributed by atoms with van der Waals surface area (Å²) in [7, 11) is 1.49. The van der Waals surface area contributed by atoms with Gasteiger partial charge in [0.05, 0.1) is 31.8 Å². The normalized spacial score (nSPS) is 11.7. The highest BCUT2D eigenvalue weighted by atomic mass is 19.4. The van der Waals surface area contributed by atoms with Crippen LogP contribution in [0.2, 0.25) is 0 Å². The first-order valence-corrected chi connectivity index (χ1v) is 11.8. The third-order valence-corrected chi connectivity index (χ3v) is 5.80. The van der Waals surface area contributed by atoms with Gasteiger partial charge in [0.2, 0.25) is 11.8 Å². The Bertz CT molecular complexity index is 1580. The molecule has 0 N–H and O–H groups in total. The number of nitrogens with zero attached hydrogens (tertiary/aromatic N) is 8. The van der Waals surface area contributed by atoms with E-state index >= 15 is 0 Å². The lowest BCUT2D eigenvalue weighted by molar-refractivity contribution is -0.140. The van der Waals surface area contributed by atoms with E-state index in [-0.39, 0.29) is 11.7 Å². The van der Waals surface area contributed by atoms with Gasteiger partial charge in [-0.3, -0.25) is 0 Å². The topological polar surface area (TPSA) is 106 Å². The Labute approximate surface area is 215 Å². The van der Waals surface area contributed by atoms with E-state index in [1.807, 2.05) is 19.1 Å². The monoisotopic (exact) mass is 524 g/mol. The minimum absolute atomic E-state index is 0.262. The van der Waals surface area contributed by atoms with Gasteiger partial charge in [0, 0.05) is 24.5 Å². The molecule has 0 aliphatic carbocycles. The summed E-state index contributed by atoms with van der Waals surface area (Å²) >= 11 is 0. The molecular formula is C25H23F3N8O2. The number of ether oxygens (including phenoxy) is 2. The molecule has 0 saturated heterocycles. The van der Waals surface area contributed by atoms with Gasteiger partial charge in [0.15, 0.2) is 17.2 Å². The highest BCUT2D eigenvalue weighted by molar-refractivity contribution is 5.78. The lowest BCUT2D eigenvalue weighted by Gasteiger charge is -2.11. The number of halogens is 3. The van der Waals surface area contributed by atoms with E-state index in [9.17, 15) is 13.2 Å². The Hall–Kier alpha value is -4.55. The standard InChI is InChI=1S/C25H23F3N8O2/c1-4-35-13-18(25(26,27)28)33-21(35)16-8-6-15(7-9-16)12-36-22-17(11-32-36)10-29-20(34-22)19-23(37-3)30-14-31-24(19)38-5-2/h6-11,13-14H,4-5,12H2,1-3H3. The summed E-state index contributed by atoms with van der Waals surface area (Å²) < 4.78 is 53.7. The lowest BCUT2D eigenvalue weighted by Crippen LogP contribution is -2.06. The SMILES string of the molecule is CCOc1ncnc(OC)c1-c1ncc2cnn(Cc3ccc(-c4nc(C(F)(F)F)cn4CC)cc3)c2n1. The van der Waals surface area contributed by atoms with Gasteiger partial charge in [-0.25, -0.2) is 29.6 Å². The largest absolute Gasteiger partial charge is 0.480 e. The highest BCUT2D eigenvalue weighted by Gasteiger charge is 2.34. The van der Waals surface area contributed by atoms with Gasteiger partial charge < -0.3 is 14.0 Å². The van der Waals surface area contributed by atoms with E-state index in [1.165, 1.54) is 18.0 Å². The van der Waals surface area contributed by atoms with Crippen molar-refractivity contribution in [1.29, 1.82) is 0 Å². The van der Waals surface area contributed by atoms with Crippen LogP contribution in [0.25, 0.3) is 33.8 Å². The van der Waals surface area contributed by atoms with Crippen molar-refractivity contribution >= 4 is 11.0 Å². The van der Waals surface area contributed by atoms with Gasteiger partial charge in [-0.1, -0.05) is 24.3 Å². The van der Waals surface area contributed by atoms with Crippen molar-refractivity contribution in [2.24, 2.45) is 0 Å². The second-order valence-corrected chi connectivity index (χ2v) is 8.20. The van der Waals surface area contributed by atoms with Crippen molar-refractivity contribution in [2.75, 3.05) is 13.7 Å². The molecule has 1 aromatic carbocycles. The number of hydrogen-bond donors (Lipinski definition) is 0. The summed E-state index contributed by atoms with van der Waals surface area (Å²) in [6.07, 6.45) is 1.18. The second-order valence-electron chi connectivity index (χ2n) is 8.20. The maximum absolute atomic E-state index is 13.2. The number of benzene rings is 1. The Balaban J connectivity index is 1.46. The molecule has 4 aromatic heterocycles. The molecule has 0 aliphatic rings. The van der Waals surface area contributed by atoms with Gasteiger partial charge in [-0.2, -0.15) is 18.3 Å². The van der Waals surface area contributed by atoms with Gasteiger partial charge in [-0.15, -0.1) is 0 Å². The molecule has 13 heteroatoms. The van der Waals surface area contributed by atoms with Crippen LogP contribution in [0.4, 0.5) is 13.2 Å². The lowest BCUT2D eigenvalue weighted by atomic mass is 10.1. The Morgan fingerprint density at radius 3 is 2.39 bits per heavy atom. The molecule has 5 aromatic rings. The third-order valence-electron chi connectivity index (χ3n) is 5.80. The van der Waals surface area contributed by atoms with E-state index in [2.05, 4.69) is 25.0 Å². The number of methoxy groups -OCH3 is 1. The fourth-order valence-corrected chi connectivity index (χ4v) is 4.01. The van der Waals surface area contributed by atoms with Crippen LogP contribution in [0.15, 0.2) is 49.2 Å². The molecule has 0 bridgehead atoms. The van der Waals surface area contributed by atoms with Crippen LogP contribution in [0.5, 0.6) is 11.8 Å². The number of hydrogen-bond acceptors (Lipinski definition) is 8. The number of alkyl halides is 3. The summed E-state index contributed by atoms with van der Waals surface area (Å²) in [5, 5.41) is 5.17. The molecule has 0 saturated carbocycles. The maximum atomic E-state index is 13.2. The summed E-state index contributed by atoms with van der Waals surface area (Å²) in [4.78, 5) is 21.3. The number of aryl methyl sites for hydroxylation is 1. The molecule has 0 atom stereocenters. The molecule has 0 amide bonds. The van der Waals surface area contributed by atoms with Gasteiger partial charge in [-0.05, 0) is 19.4 Å². The second kappa shape index (κ2) is 10.1. The molecule has 196 valence electrons. The van der Waals surface area contributed by atoms with E-state index in [4.69, 9.17) is 14.5 Å². The van der Waals surface area contributed by atoms with Gasteiger partial charge in [0.1, 0.15) is 17.7 Å². The van der Waals surface area contributed by atoms with Crippen LogP contribution in [0.1, 0.15) is 25.1 Å². The van der Waals surface area contributed by atoms with Crippen molar-refractivity contribution < 1.29 is 22.6 Å². The van der Waals surface area contributed by atoms with E-state index in [0.29, 0.717) is 48.2 Å². The Morgan fingerprint density at radius 1 is 0.947 bits per heavy atom. The third kappa shape index (κ3) is 4.74. The quantitative estimate of drug-likeness (QED) is 0.289. The molecule has 10 nitrogen and oxygen atoms in total. The molecule has 38 heavy (non-hydrogen) atoms. The molecule has 0 spiro atoms. The first kappa shape index (κ1) is 25.1. The van der Waals surface area contributed by atoms with Crippen molar-refractivity contribution in [1.82, 2.24) is 39.3 Å². The van der Waals surface area contributed by atoms with E-state index in [0.717, 1.165) is 17.1 Å². The Kier molecular flexibility index (Phi) is 6.66. The van der Waals surface area contributed by atoms with Crippen LogP contribution >= 0.6 is 0 Å². The first-order chi connectivity index (χ1) is 18.3. The minimum Gasteiger partial charge on any atom is -0.480 e. The summed E-state index contributed by atoms with van der Waals surface area (Å²) in [5.41, 5.74) is 1.55. The molecule has 4 heterocycles. The molecule has 0 aliphatic heterocycles. The maximum Gasteiger partial charge on any atom is 0.434 e. The van der Waals surface area contributed by atoms with Crippen molar-refractivity contribution in [3.8, 4) is 34.5 Å². The fourth-order valence-electron chi connectivity index (χ4n) is 4.01. The van der Waals surface area contributed by atoms with Crippen molar-refractivity contribution in [3.63, 3.8) is 0 Å². The van der Waals surface area contributed by atoms with Crippen molar-refractivity contribution in [2.45, 2.75) is 33.1 Å². The average molecular weight is 525 g/mol. The number of imidazole rings is 1. The van der Waals surface area contributed by atoms with Crippen LogP contribution in [-0.4, -0.2) is 53.0 Å². The zero-order chi connectivity index (χ0) is 26.9. The molecule has 0 unspecified atom stereocenters. The van der Waals surface area contributed by atoms with Crippen molar-refractivity contribution in [3.05, 3.63) is 60.4 Å². The summed E-state index contributed by atoms with van der Waals surface area (Å²) in [5.74, 6) is 1.17. The van der Waals surface area contributed by atoms with E-state index in [1.54, 1.807) is 36.1 Å². The smallest absolute Gasteiger partial charge is 0.434 e. The van der Waals surface area contributed by atoms with Gasteiger partial charge >= 0.3 is 6.18 Å². The molecule has 0 radical (unpaired) electrons. The summed E-state index contributed by atoms with van der Waals surface area (Å²) in [6, 6.07) is 7.15. The van der Waals surface area contributed by atoms with Crippen LogP contribution in [0, 0.1) is 0 Å². The Morgan fingerprint density at radius 2 is 1.71 bits per heavy atom. The molecule has 5 rings (SSSR count).